The SMILES string of the molecule is CC(C)c1cc(C2CCN(c3ncnc(Nc4ccc(S(C)(=O)=O)cc4)c3[N+](=O)[O-])CC2)[nH]n1. The summed E-state index contributed by atoms with van der Waals surface area (Å²) in [6.07, 6.45) is 4.05. The summed E-state index contributed by atoms with van der Waals surface area (Å²) in [5, 5.41) is 22.4. The number of aromatic amines is 1. The molecule has 0 atom stereocenters. The summed E-state index contributed by atoms with van der Waals surface area (Å²) in [4.78, 5) is 21.9. The number of H-pyrrole nitrogens is 1. The first-order valence-corrected chi connectivity index (χ1v) is 12.9. The minimum Gasteiger partial charge on any atom is -0.351 e. The molecule has 1 aliphatic rings. The Kier molecular flexibility index (Phi) is 6.51. The molecule has 12 heteroatoms. The molecule has 2 N–H and O–H groups in total. The molecule has 4 rings (SSSR count). The second-order valence-corrected chi connectivity index (χ2v) is 10.8. The van der Waals surface area contributed by atoms with Crippen LogP contribution in [0.2, 0.25) is 0 Å². The molecule has 3 aromatic rings. The van der Waals surface area contributed by atoms with E-state index in [-0.39, 0.29) is 22.2 Å². The predicted molar refractivity (Wildman–Crippen MR) is 128 cm³/mol. The average molecular weight is 486 g/mol. The maximum atomic E-state index is 12.0. The molecular formula is C22H27N7O4S. The Bertz CT molecular complexity index is 1280. The number of nitrogens with zero attached hydrogens (tertiary/aromatic N) is 5. The van der Waals surface area contributed by atoms with Crippen LogP contribution in [0.25, 0.3) is 0 Å². The van der Waals surface area contributed by atoms with Crippen molar-refractivity contribution in [2.75, 3.05) is 29.6 Å². The summed E-state index contributed by atoms with van der Waals surface area (Å²) in [6.45, 7) is 5.42. The second-order valence-electron chi connectivity index (χ2n) is 8.74. The lowest BCUT2D eigenvalue weighted by atomic mass is 9.93. The Labute approximate surface area is 197 Å². The van der Waals surface area contributed by atoms with E-state index in [2.05, 4.69) is 45.4 Å². The van der Waals surface area contributed by atoms with Crippen LogP contribution in [-0.2, 0) is 9.84 Å². The van der Waals surface area contributed by atoms with Gasteiger partial charge in [0.05, 0.1) is 15.5 Å². The van der Waals surface area contributed by atoms with E-state index >= 15 is 0 Å². The lowest BCUT2D eigenvalue weighted by molar-refractivity contribution is -0.383. The second kappa shape index (κ2) is 9.37. The minimum atomic E-state index is -3.34. The highest BCUT2D eigenvalue weighted by molar-refractivity contribution is 7.90. The fraction of sp³-hybridized carbons (Fsp3) is 0.409. The summed E-state index contributed by atoms with van der Waals surface area (Å²) in [6, 6.07) is 8.08. The van der Waals surface area contributed by atoms with Gasteiger partial charge < -0.3 is 10.2 Å². The molecular weight excluding hydrogens is 458 g/mol. The largest absolute Gasteiger partial charge is 0.353 e. The van der Waals surface area contributed by atoms with Gasteiger partial charge in [-0.1, -0.05) is 13.8 Å². The molecule has 2 aromatic heterocycles. The van der Waals surface area contributed by atoms with Crippen LogP contribution in [0.5, 0.6) is 0 Å². The molecule has 180 valence electrons. The van der Waals surface area contributed by atoms with Gasteiger partial charge in [0.25, 0.3) is 0 Å². The molecule has 1 saturated heterocycles. The molecule has 0 amide bonds. The summed E-state index contributed by atoms with van der Waals surface area (Å²) in [5.41, 5.74) is 2.40. The van der Waals surface area contributed by atoms with E-state index in [0.717, 1.165) is 30.5 Å². The molecule has 0 spiro atoms. The van der Waals surface area contributed by atoms with Crippen LogP contribution in [0.15, 0.2) is 41.6 Å². The Balaban J connectivity index is 1.53. The first-order valence-electron chi connectivity index (χ1n) is 11.0. The standard InChI is InChI=1S/C22H27N7O4S/c1-14(2)18-12-19(27-26-18)15-8-10-28(11-9-15)22-20(29(30)31)21(23-13-24-22)25-16-4-6-17(7-5-16)34(3,32)33/h4-7,12-15H,8-11H2,1-3H3,(H,26,27)(H,23,24,25). The summed E-state index contributed by atoms with van der Waals surface area (Å²) in [5.74, 6) is 0.978. The van der Waals surface area contributed by atoms with Crippen molar-refractivity contribution < 1.29 is 13.3 Å². The van der Waals surface area contributed by atoms with Crippen LogP contribution >= 0.6 is 0 Å². The molecule has 3 heterocycles. The van der Waals surface area contributed by atoms with Crippen molar-refractivity contribution in [2.45, 2.75) is 43.4 Å². The van der Waals surface area contributed by atoms with Gasteiger partial charge in [-0.2, -0.15) is 5.10 Å². The van der Waals surface area contributed by atoms with Gasteiger partial charge in [0.1, 0.15) is 6.33 Å². The monoisotopic (exact) mass is 485 g/mol. The fourth-order valence-corrected chi connectivity index (χ4v) is 4.67. The number of anilines is 3. The first-order chi connectivity index (χ1) is 16.1. The first kappa shape index (κ1) is 23.6. The maximum Gasteiger partial charge on any atom is 0.353 e. The fourth-order valence-electron chi connectivity index (χ4n) is 4.04. The highest BCUT2D eigenvalue weighted by Crippen LogP contribution is 2.37. The number of piperidine rings is 1. The van der Waals surface area contributed by atoms with E-state index in [1.54, 1.807) is 12.1 Å². The number of nitro groups is 1. The van der Waals surface area contributed by atoms with Crippen molar-refractivity contribution in [2.24, 2.45) is 0 Å². The van der Waals surface area contributed by atoms with Gasteiger partial charge in [0, 0.05) is 36.6 Å². The number of sulfone groups is 1. The van der Waals surface area contributed by atoms with Crippen molar-refractivity contribution in [3.05, 3.63) is 58.2 Å². The zero-order chi connectivity index (χ0) is 24.5. The molecule has 0 unspecified atom stereocenters. The molecule has 0 aliphatic carbocycles. The summed E-state index contributed by atoms with van der Waals surface area (Å²) in [7, 11) is -3.34. The molecule has 0 saturated carbocycles. The number of nitrogens with one attached hydrogen (secondary N) is 2. The Hall–Kier alpha value is -3.54. The number of aromatic nitrogens is 4. The van der Waals surface area contributed by atoms with Gasteiger partial charge in [-0.3, -0.25) is 15.2 Å². The minimum absolute atomic E-state index is 0.0550. The third-order valence-corrected chi connectivity index (χ3v) is 7.10. The third-order valence-electron chi connectivity index (χ3n) is 5.97. The molecule has 11 nitrogen and oxygen atoms in total. The van der Waals surface area contributed by atoms with Crippen LogP contribution < -0.4 is 10.2 Å². The van der Waals surface area contributed by atoms with Gasteiger partial charge in [-0.15, -0.1) is 0 Å². The van der Waals surface area contributed by atoms with Crippen molar-refractivity contribution in [3.8, 4) is 0 Å². The van der Waals surface area contributed by atoms with Gasteiger partial charge in [-0.25, -0.2) is 18.4 Å². The van der Waals surface area contributed by atoms with Crippen molar-refractivity contribution in [1.82, 2.24) is 20.2 Å². The topological polar surface area (TPSA) is 147 Å². The number of rotatable bonds is 7. The molecule has 34 heavy (non-hydrogen) atoms. The van der Waals surface area contributed by atoms with Crippen LogP contribution in [0.1, 0.15) is 49.9 Å². The maximum absolute atomic E-state index is 12.0. The van der Waals surface area contributed by atoms with Crippen LogP contribution in [-0.4, -0.2) is 52.9 Å². The molecule has 1 aromatic carbocycles. The number of hydrogen-bond acceptors (Lipinski definition) is 9. The van der Waals surface area contributed by atoms with Gasteiger partial charge >= 0.3 is 5.69 Å². The normalized spacial score (nSPS) is 15.0. The van der Waals surface area contributed by atoms with E-state index in [1.807, 2.05) is 4.90 Å². The van der Waals surface area contributed by atoms with Crippen LogP contribution in [0.4, 0.5) is 23.0 Å². The van der Waals surface area contributed by atoms with E-state index in [9.17, 15) is 18.5 Å². The predicted octanol–water partition coefficient (Wildman–Crippen LogP) is 3.76. The van der Waals surface area contributed by atoms with E-state index in [4.69, 9.17) is 0 Å². The summed E-state index contributed by atoms with van der Waals surface area (Å²) >= 11 is 0. The average Bonchev–Trinajstić information content (AvgIpc) is 3.29. The molecule has 1 fully saturated rings. The quantitative estimate of drug-likeness (QED) is 0.377. The Morgan fingerprint density at radius 3 is 2.41 bits per heavy atom. The van der Waals surface area contributed by atoms with Crippen molar-refractivity contribution in [1.29, 1.82) is 0 Å². The highest BCUT2D eigenvalue weighted by atomic mass is 32.2. The Morgan fingerprint density at radius 1 is 1.18 bits per heavy atom. The zero-order valence-corrected chi connectivity index (χ0v) is 20.0. The number of hydrogen-bond donors (Lipinski definition) is 2. The van der Waals surface area contributed by atoms with Crippen LogP contribution in [0, 0.1) is 10.1 Å². The van der Waals surface area contributed by atoms with Crippen molar-refractivity contribution >= 4 is 32.8 Å². The van der Waals surface area contributed by atoms with E-state index in [1.165, 1.54) is 18.5 Å². The van der Waals surface area contributed by atoms with E-state index in [0.29, 0.717) is 30.6 Å². The smallest absolute Gasteiger partial charge is 0.351 e. The van der Waals surface area contributed by atoms with Gasteiger partial charge in [0.2, 0.25) is 11.6 Å². The van der Waals surface area contributed by atoms with Crippen molar-refractivity contribution in [3.63, 3.8) is 0 Å². The molecule has 0 bridgehead atoms. The zero-order valence-electron chi connectivity index (χ0n) is 19.2. The molecule has 1 aliphatic heterocycles. The molecule has 0 radical (unpaired) electrons. The van der Waals surface area contributed by atoms with E-state index < -0.39 is 14.8 Å². The summed E-state index contributed by atoms with van der Waals surface area (Å²) < 4.78 is 23.3. The lowest BCUT2D eigenvalue weighted by Crippen LogP contribution is -2.34. The van der Waals surface area contributed by atoms with Crippen LogP contribution in [0.3, 0.4) is 0 Å². The third kappa shape index (κ3) is 5.01. The highest BCUT2D eigenvalue weighted by Gasteiger charge is 2.31. The Morgan fingerprint density at radius 2 is 1.85 bits per heavy atom. The van der Waals surface area contributed by atoms with Gasteiger partial charge in [-0.05, 0) is 49.1 Å². The lowest BCUT2D eigenvalue weighted by Gasteiger charge is -2.32. The van der Waals surface area contributed by atoms with Gasteiger partial charge in [0.15, 0.2) is 9.84 Å². The number of benzene rings is 1.